The summed E-state index contributed by atoms with van der Waals surface area (Å²) in [5.41, 5.74) is 1.49. The first kappa shape index (κ1) is 18.2. The van der Waals surface area contributed by atoms with Crippen molar-refractivity contribution in [2.75, 3.05) is 14.1 Å². The van der Waals surface area contributed by atoms with Crippen LogP contribution in [0.3, 0.4) is 0 Å². The van der Waals surface area contributed by atoms with Crippen molar-refractivity contribution in [3.63, 3.8) is 0 Å². The van der Waals surface area contributed by atoms with Gasteiger partial charge in [-0.15, -0.1) is 11.3 Å². The lowest BCUT2D eigenvalue weighted by atomic mass is 9.84. The molecule has 2 aromatic rings. The van der Waals surface area contributed by atoms with Crippen molar-refractivity contribution in [3.05, 3.63) is 16.8 Å². The van der Waals surface area contributed by atoms with E-state index in [1.165, 1.54) is 60.8 Å². The second-order valence-electron chi connectivity index (χ2n) is 8.27. The molecule has 142 valence electrons. The van der Waals surface area contributed by atoms with Gasteiger partial charge >= 0.3 is 0 Å². The Balaban J connectivity index is 1.56. The number of nitrogens with zero attached hydrogens (tertiary/aromatic N) is 3. The van der Waals surface area contributed by atoms with E-state index < -0.39 is 0 Å². The molecule has 2 heterocycles. The second kappa shape index (κ2) is 7.81. The quantitative estimate of drug-likeness (QED) is 0.751. The van der Waals surface area contributed by atoms with Crippen LogP contribution in [0.2, 0.25) is 0 Å². The van der Waals surface area contributed by atoms with E-state index in [0.717, 1.165) is 29.5 Å². The molecular formula is C21H31N3OS. The Kier molecular flexibility index (Phi) is 5.46. The number of ether oxygens (including phenoxy) is 1. The highest BCUT2D eigenvalue weighted by atomic mass is 32.1. The van der Waals surface area contributed by atoms with E-state index >= 15 is 0 Å². The van der Waals surface area contributed by atoms with Gasteiger partial charge in [0.15, 0.2) is 0 Å². The highest BCUT2D eigenvalue weighted by Gasteiger charge is 2.28. The van der Waals surface area contributed by atoms with Crippen LogP contribution in [0.15, 0.2) is 6.33 Å². The zero-order chi connectivity index (χ0) is 18.1. The van der Waals surface area contributed by atoms with Gasteiger partial charge in [0.05, 0.1) is 5.39 Å². The topological polar surface area (TPSA) is 38.3 Å². The lowest BCUT2D eigenvalue weighted by molar-refractivity contribution is 0.108. The van der Waals surface area contributed by atoms with Crippen molar-refractivity contribution in [1.82, 2.24) is 14.9 Å². The summed E-state index contributed by atoms with van der Waals surface area (Å²) < 4.78 is 6.45. The van der Waals surface area contributed by atoms with Gasteiger partial charge in [0.2, 0.25) is 5.88 Å². The third kappa shape index (κ3) is 3.61. The summed E-state index contributed by atoms with van der Waals surface area (Å²) >= 11 is 1.86. The lowest BCUT2D eigenvalue weighted by Crippen LogP contribution is -2.35. The monoisotopic (exact) mass is 373 g/mol. The minimum atomic E-state index is 0.301. The predicted molar refractivity (Wildman–Crippen MR) is 108 cm³/mol. The first-order valence-corrected chi connectivity index (χ1v) is 11.1. The van der Waals surface area contributed by atoms with E-state index in [9.17, 15) is 0 Å². The number of aryl methyl sites for hydroxylation is 1. The molecule has 2 aliphatic carbocycles. The fourth-order valence-electron chi connectivity index (χ4n) is 4.73. The number of rotatable bonds is 5. The molecule has 1 fully saturated rings. The molecule has 0 amide bonds. The Hall–Kier alpha value is -1.20. The standard InChI is InChI=1S/C21H31N3OS/c1-4-5-14-6-11-18-17(12-14)19-20(22-13-23-21(19)26-18)25-16-9-7-15(8-10-16)24(2)3/h13-16H,4-12H2,1-3H3/t14-,15?,16?/m1/s1. The summed E-state index contributed by atoms with van der Waals surface area (Å²) in [5, 5.41) is 1.23. The van der Waals surface area contributed by atoms with Gasteiger partial charge in [-0.3, -0.25) is 0 Å². The highest BCUT2D eigenvalue weighted by Crippen LogP contribution is 2.42. The van der Waals surface area contributed by atoms with Crippen LogP contribution in [0.1, 0.15) is 62.3 Å². The number of hydrogen-bond acceptors (Lipinski definition) is 5. The van der Waals surface area contributed by atoms with Gasteiger partial charge in [0, 0.05) is 10.9 Å². The molecule has 2 aliphatic rings. The van der Waals surface area contributed by atoms with Crippen molar-refractivity contribution in [2.45, 2.75) is 76.9 Å². The molecule has 2 aromatic heterocycles. The molecular weight excluding hydrogens is 342 g/mol. The molecule has 0 unspecified atom stereocenters. The third-order valence-corrected chi connectivity index (χ3v) is 7.46. The first-order chi connectivity index (χ1) is 12.7. The molecule has 0 bridgehead atoms. The molecule has 0 radical (unpaired) electrons. The van der Waals surface area contributed by atoms with Crippen LogP contribution in [0.25, 0.3) is 10.2 Å². The Morgan fingerprint density at radius 3 is 2.69 bits per heavy atom. The van der Waals surface area contributed by atoms with Crippen LogP contribution in [0, 0.1) is 5.92 Å². The van der Waals surface area contributed by atoms with Crippen molar-refractivity contribution in [1.29, 1.82) is 0 Å². The minimum absolute atomic E-state index is 0.301. The number of hydrogen-bond donors (Lipinski definition) is 0. The summed E-state index contributed by atoms with van der Waals surface area (Å²) in [5.74, 6) is 1.66. The molecule has 1 saturated carbocycles. The van der Waals surface area contributed by atoms with Crippen molar-refractivity contribution < 1.29 is 4.74 Å². The summed E-state index contributed by atoms with van der Waals surface area (Å²) in [6, 6.07) is 0.698. The molecule has 4 nitrogen and oxygen atoms in total. The van der Waals surface area contributed by atoms with Crippen molar-refractivity contribution >= 4 is 21.6 Å². The molecule has 1 atom stereocenters. The minimum Gasteiger partial charge on any atom is -0.474 e. The van der Waals surface area contributed by atoms with Crippen molar-refractivity contribution in [3.8, 4) is 5.88 Å². The fraction of sp³-hybridized carbons (Fsp3) is 0.714. The lowest BCUT2D eigenvalue weighted by Gasteiger charge is -2.32. The Labute approximate surface area is 161 Å². The van der Waals surface area contributed by atoms with Crippen LogP contribution >= 0.6 is 11.3 Å². The Morgan fingerprint density at radius 2 is 1.96 bits per heavy atom. The number of aromatic nitrogens is 2. The smallest absolute Gasteiger partial charge is 0.225 e. The van der Waals surface area contributed by atoms with Crippen LogP contribution < -0.4 is 4.74 Å². The van der Waals surface area contributed by atoms with Crippen LogP contribution in [-0.2, 0) is 12.8 Å². The van der Waals surface area contributed by atoms with Crippen LogP contribution in [0.4, 0.5) is 0 Å². The number of thiophene rings is 1. The van der Waals surface area contributed by atoms with Gasteiger partial charge in [-0.1, -0.05) is 19.8 Å². The van der Waals surface area contributed by atoms with E-state index in [1.54, 1.807) is 6.33 Å². The molecule has 0 saturated heterocycles. The predicted octanol–water partition coefficient (Wildman–Crippen LogP) is 4.85. The van der Waals surface area contributed by atoms with E-state index in [4.69, 9.17) is 4.74 Å². The maximum atomic E-state index is 6.45. The maximum Gasteiger partial charge on any atom is 0.225 e. The normalized spacial score (nSPS) is 26.2. The molecule has 0 aromatic carbocycles. The average molecular weight is 374 g/mol. The van der Waals surface area contributed by atoms with Gasteiger partial charge < -0.3 is 9.64 Å². The zero-order valence-corrected chi connectivity index (χ0v) is 17.1. The average Bonchev–Trinajstić information content (AvgIpc) is 3.01. The molecule has 0 spiro atoms. The fourth-order valence-corrected chi connectivity index (χ4v) is 5.91. The van der Waals surface area contributed by atoms with E-state index in [2.05, 4.69) is 35.9 Å². The van der Waals surface area contributed by atoms with Gasteiger partial charge in [0.1, 0.15) is 17.3 Å². The summed E-state index contributed by atoms with van der Waals surface area (Å²) in [6.45, 7) is 2.29. The Bertz CT molecular complexity index is 749. The van der Waals surface area contributed by atoms with Gasteiger partial charge in [-0.2, -0.15) is 0 Å². The molecule has 0 N–H and O–H groups in total. The SMILES string of the molecule is CCC[C@@H]1CCc2sc3ncnc(OC4CCC(N(C)C)CC4)c3c2C1. The van der Waals surface area contributed by atoms with E-state index in [1.807, 2.05) is 11.3 Å². The zero-order valence-electron chi connectivity index (χ0n) is 16.3. The third-order valence-electron chi connectivity index (χ3n) is 6.26. The summed E-state index contributed by atoms with van der Waals surface area (Å²) in [6.07, 6.45) is 13.0. The van der Waals surface area contributed by atoms with Crippen LogP contribution in [0.5, 0.6) is 5.88 Å². The molecule has 5 heteroatoms. The highest BCUT2D eigenvalue weighted by molar-refractivity contribution is 7.18. The van der Waals surface area contributed by atoms with Gasteiger partial charge in [-0.05, 0) is 70.5 Å². The molecule has 0 aliphatic heterocycles. The molecule has 26 heavy (non-hydrogen) atoms. The van der Waals surface area contributed by atoms with Crippen LogP contribution in [-0.4, -0.2) is 41.1 Å². The second-order valence-corrected chi connectivity index (χ2v) is 9.36. The first-order valence-electron chi connectivity index (χ1n) is 10.2. The van der Waals surface area contributed by atoms with Gasteiger partial charge in [-0.25, -0.2) is 9.97 Å². The maximum absolute atomic E-state index is 6.45. The van der Waals surface area contributed by atoms with Gasteiger partial charge in [0.25, 0.3) is 0 Å². The Morgan fingerprint density at radius 1 is 1.15 bits per heavy atom. The van der Waals surface area contributed by atoms with Crippen molar-refractivity contribution in [2.24, 2.45) is 5.92 Å². The largest absolute Gasteiger partial charge is 0.474 e. The van der Waals surface area contributed by atoms with E-state index in [0.29, 0.717) is 12.1 Å². The van der Waals surface area contributed by atoms with E-state index in [-0.39, 0.29) is 0 Å². The molecule has 4 rings (SSSR count). The number of fused-ring (bicyclic) bond motifs is 3. The summed E-state index contributed by atoms with van der Waals surface area (Å²) in [4.78, 5) is 14.1. The summed E-state index contributed by atoms with van der Waals surface area (Å²) in [7, 11) is 4.37.